The predicted molar refractivity (Wildman–Crippen MR) is 115 cm³/mol. The van der Waals surface area contributed by atoms with Gasteiger partial charge in [-0.1, -0.05) is 43.3 Å². The highest BCUT2D eigenvalue weighted by Crippen LogP contribution is 2.28. The van der Waals surface area contributed by atoms with Crippen molar-refractivity contribution in [3.05, 3.63) is 60.2 Å². The Morgan fingerprint density at radius 2 is 1.66 bits per heavy atom. The molecule has 0 radical (unpaired) electrons. The zero-order valence-corrected chi connectivity index (χ0v) is 17.8. The Morgan fingerprint density at radius 1 is 1.03 bits per heavy atom. The predicted octanol–water partition coefficient (Wildman–Crippen LogP) is 4.48. The first-order valence-electron chi connectivity index (χ1n) is 10.2. The standard InChI is InChI=1S/C23H29NO4S/c1-17-12-14-20(15-13-17)24-23(25)18(2)29(26,27)16-19-8-6-7-11-22(19)28-21-9-4-3-5-10-21/h3-11,17-18,20H,12-16H2,1-2H3,(H,24,25). The Balaban J connectivity index is 1.68. The first-order chi connectivity index (χ1) is 13.8. The van der Waals surface area contributed by atoms with Crippen molar-refractivity contribution >= 4 is 15.7 Å². The Bertz CT molecular complexity index is 919. The summed E-state index contributed by atoms with van der Waals surface area (Å²) < 4.78 is 31.7. The third-order valence-corrected chi connectivity index (χ3v) is 7.58. The fourth-order valence-corrected chi connectivity index (χ4v) is 4.88. The fraction of sp³-hybridized carbons (Fsp3) is 0.435. The van der Waals surface area contributed by atoms with Crippen LogP contribution >= 0.6 is 0 Å². The lowest BCUT2D eigenvalue weighted by molar-refractivity contribution is -0.121. The Kier molecular flexibility index (Phi) is 6.96. The summed E-state index contributed by atoms with van der Waals surface area (Å²) in [5.74, 6) is 1.13. The van der Waals surface area contributed by atoms with Crippen LogP contribution in [0.5, 0.6) is 11.5 Å². The minimum absolute atomic E-state index is 0.0741. The summed E-state index contributed by atoms with van der Waals surface area (Å²) in [4.78, 5) is 12.6. The fourth-order valence-electron chi connectivity index (χ4n) is 3.57. The van der Waals surface area contributed by atoms with Gasteiger partial charge in [-0.25, -0.2) is 8.42 Å². The van der Waals surface area contributed by atoms with Crippen LogP contribution in [0.2, 0.25) is 0 Å². The molecule has 1 amide bonds. The summed E-state index contributed by atoms with van der Waals surface area (Å²) >= 11 is 0. The SMILES string of the molecule is CC1CCC(NC(=O)C(C)S(=O)(=O)Cc2ccccc2Oc2ccccc2)CC1. The van der Waals surface area contributed by atoms with Gasteiger partial charge in [-0.05, 0) is 56.7 Å². The van der Waals surface area contributed by atoms with Crippen molar-refractivity contribution < 1.29 is 17.9 Å². The summed E-state index contributed by atoms with van der Waals surface area (Å²) in [6, 6.07) is 16.3. The molecule has 0 spiro atoms. The molecule has 0 aromatic heterocycles. The lowest BCUT2D eigenvalue weighted by Gasteiger charge is -2.28. The average Bonchev–Trinajstić information content (AvgIpc) is 2.71. The Hall–Kier alpha value is -2.34. The van der Waals surface area contributed by atoms with Crippen LogP contribution in [0, 0.1) is 5.92 Å². The maximum absolute atomic E-state index is 12.9. The third-order valence-electron chi connectivity index (χ3n) is 5.57. The number of amides is 1. The van der Waals surface area contributed by atoms with Gasteiger partial charge in [0.25, 0.3) is 0 Å². The average molecular weight is 416 g/mol. The molecule has 5 nitrogen and oxygen atoms in total. The van der Waals surface area contributed by atoms with Crippen molar-refractivity contribution in [3.8, 4) is 11.5 Å². The number of nitrogens with one attached hydrogen (secondary N) is 1. The summed E-state index contributed by atoms with van der Waals surface area (Å²) in [5.41, 5.74) is 0.544. The first kappa shape index (κ1) is 21.4. The van der Waals surface area contributed by atoms with E-state index in [0.29, 0.717) is 23.0 Å². The molecule has 29 heavy (non-hydrogen) atoms. The Labute approximate surface area is 173 Å². The van der Waals surface area contributed by atoms with Gasteiger partial charge in [0.1, 0.15) is 16.7 Å². The van der Waals surface area contributed by atoms with Crippen LogP contribution < -0.4 is 10.1 Å². The van der Waals surface area contributed by atoms with E-state index in [2.05, 4.69) is 12.2 Å². The zero-order valence-electron chi connectivity index (χ0n) is 17.0. The molecule has 1 aliphatic rings. The number of benzene rings is 2. The van der Waals surface area contributed by atoms with Gasteiger partial charge in [0.2, 0.25) is 5.91 Å². The number of para-hydroxylation sites is 2. The molecule has 0 aliphatic heterocycles. The van der Waals surface area contributed by atoms with E-state index >= 15 is 0 Å². The highest BCUT2D eigenvalue weighted by molar-refractivity contribution is 7.92. The van der Waals surface area contributed by atoms with Gasteiger partial charge < -0.3 is 10.1 Å². The minimum atomic E-state index is -3.68. The van der Waals surface area contributed by atoms with E-state index < -0.39 is 21.0 Å². The van der Waals surface area contributed by atoms with Crippen LogP contribution in [0.4, 0.5) is 0 Å². The highest BCUT2D eigenvalue weighted by atomic mass is 32.2. The van der Waals surface area contributed by atoms with Crippen molar-refractivity contribution in [3.63, 3.8) is 0 Å². The maximum atomic E-state index is 12.9. The molecule has 1 fully saturated rings. The largest absolute Gasteiger partial charge is 0.457 e. The maximum Gasteiger partial charge on any atom is 0.238 e. The smallest absolute Gasteiger partial charge is 0.238 e. The summed E-state index contributed by atoms with van der Waals surface area (Å²) in [6.07, 6.45) is 3.95. The highest BCUT2D eigenvalue weighted by Gasteiger charge is 2.31. The molecule has 1 atom stereocenters. The molecule has 0 bridgehead atoms. The molecular formula is C23H29NO4S. The van der Waals surface area contributed by atoms with Gasteiger partial charge >= 0.3 is 0 Å². The first-order valence-corrected chi connectivity index (χ1v) is 11.9. The van der Waals surface area contributed by atoms with Crippen molar-refractivity contribution in [2.24, 2.45) is 5.92 Å². The number of carbonyl (C=O) groups excluding carboxylic acids is 1. The normalized spacial score (nSPS) is 20.6. The van der Waals surface area contributed by atoms with E-state index in [0.717, 1.165) is 25.7 Å². The lowest BCUT2D eigenvalue weighted by atomic mass is 9.87. The second-order valence-electron chi connectivity index (χ2n) is 7.94. The number of sulfone groups is 1. The zero-order chi connectivity index (χ0) is 20.9. The topological polar surface area (TPSA) is 72.5 Å². The molecule has 1 unspecified atom stereocenters. The Morgan fingerprint density at radius 3 is 2.34 bits per heavy atom. The third kappa shape index (κ3) is 5.82. The van der Waals surface area contributed by atoms with E-state index in [1.807, 2.05) is 30.3 Å². The molecular weight excluding hydrogens is 386 g/mol. The van der Waals surface area contributed by atoms with E-state index in [4.69, 9.17) is 4.74 Å². The van der Waals surface area contributed by atoms with Crippen molar-refractivity contribution in [1.29, 1.82) is 0 Å². The van der Waals surface area contributed by atoms with Gasteiger partial charge in [0.15, 0.2) is 9.84 Å². The van der Waals surface area contributed by atoms with Gasteiger partial charge in [0, 0.05) is 11.6 Å². The quantitative estimate of drug-likeness (QED) is 0.724. The van der Waals surface area contributed by atoms with Gasteiger partial charge in [-0.3, -0.25) is 4.79 Å². The molecule has 2 aromatic carbocycles. The van der Waals surface area contributed by atoms with Crippen LogP contribution in [-0.2, 0) is 20.4 Å². The molecule has 1 saturated carbocycles. The number of rotatable bonds is 7. The molecule has 0 saturated heterocycles. The monoisotopic (exact) mass is 415 g/mol. The molecule has 0 heterocycles. The van der Waals surface area contributed by atoms with Crippen LogP contribution in [0.3, 0.4) is 0 Å². The van der Waals surface area contributed by atoms with Crippen molar-refractivity contribution in [1.82, 2.24) is 5.32 Å². The van der Waals surface area contributed by atoms with Crippen LogP contribution in [0.25, 0.3) is 0 Å². The summed E-state index contributed by atoms with van der Waals surface area (Å²) in [5, 5.41) is 1.83. The van der Waals surface area contributed by atoms with Crippen LogP contribution in [0.15, 0.2) is 54.6 Å². The second kappa shape index (κ2) is 9.44. The van der Waals surface area contributed by atoms with E-state index in [1.165, 1.54) is 6.92 Å². The van der Waals surface area contributed by atoms with E-state index in [-0.39, 0.29) is 11.8 Å². The molecule has 1 N–H and O–H groups in total. The second-order valence-corrected chi connectivity index (χ2v) is 10.3. The summed E-state index contributed by atoms with van der Waals surface area (Å²) in [6.45, 7) is 3.68. The van der Waals surface area contributed by atoms with Gasteiger partial charge in [-0.2, -0.15) is 0 Å². The van der Waals surface area contributed by atoms with Crippen LogP contribution in [0.1, 0.15) is 45.1 Å². The molecule has 156 valence electrons. The molecule has 1 aliphatic carbocycles. The molecule has 2 aromatic rings. The number of hydrogen-bond acceptors (Lipinski definition) is 4. The molecule has 3 rings (SSSR count). The van der Waals surface area contributed by atoms with E-state index in [9.17, 15) is 13.2 Å². The van der Waals surface area contributed by atoms with Crippen LogP contribution in [-0.4, -0.2) is 25.6 Å². The van der Waals surface area contributed by atoms with E-state index in [1.54, 1.807) is 24.3 Å². The molecule has 6 heteroatoms. The van der Waals surface area contributed by atoms with Gasteiger partial charge in [0.05, 0.1) is 5.75 Å². The number of ether oxygens (including phenoxy) is 1. The minimum Gasteiger partial charge on any atom is -0.457 e. The summed E-state index contributed by atoms with van der Waals surface area (Å²) in [7, 11) is -3.68. The lowest BCUT2D eigenvalue weighted by Crippen LogP contribution is -2.44. The van der Waals surface area contributed by atoms with Crippen molar-refractivity contribution in [2.75, 3.05) is 0 Å². The number of carbonyl (C=O) groups is 1. The van der Waals surface area contributed by atoms with Crippen molar-refractivity contribution in [2.45, 2.75) is 56.6 Å². The number of hydrogen-bond donors (Lipinski definition) is 1. The van der Waals surface area contributed by atoms with Gasteiger partial charge in [-0.15, -0.1) is 0 Å².